The Hall–Kier alpha value is -4.07. The summed E-state index contributed by atoms with van der Waals surface area (Å²) in [6, 6.07) is 12.4. The lowest BCUT2D eigenvalue weighted by atomic mass is 10.1. The first-order chi connectivity index (χ1) is 14.9. The second kappa shape index (κ2) is 8.35. The van der Waals surface area contributed by atoms with Crippen LogP contribution in [0.3, 0.4) is 0 Å². The molecular weight excluding hydrogens is 392 g/mol. The lowest BCUT2D eigenvalue weighted by Crippen LogP contribution is -2.16. The molecule has 0 spiro atoms. The third-order valence-corrected chi connectivity index (χ3v) is 4.72. The summed E-state index contributed by atoms with van der Waals surface area (Å²) < 4.78 is 1.49. The summed E-state index contributed by atoms with van der Waals surface area (Å²) in [7, 11) is 1.69. The van der Waals surface area contributed by atoms with Gasteiger partial charge in [-0.2, -0.15) is 0 Å². The van der Waals surface area contributed by atoms with Crippen LogP contribution >= 0.6 is 0 Å². The van der Waals surface area contributed by atoms with Gasteiger partial charge in [-0.3, -0.25) is 9.59 Å². The predicted molar refractivity (Wildman–Crippen MR) is 121 cm³/mol. The summed E-state index contributed by atoms with van der Waals surface area (Å²) in [5, 5.41) is 6.61. The second-order valence-electron chi connectivity index (χ2n) is 7.46. The molecule has 8 nitrogen and oxygen atoms in total. The van der Waals surface area contributed by atoms with Crippen molar-refractivity contribution in [2.75, 3.05) is 10.6 Å². The Kier molecular flexibility index (Phi) is 5.44. The highest BCUT2D eigenvalue weighted by Gasteiger charge is 2.16. The van der Waals surface area contributed by atoms with Crippen molar-refractivity contribution in [3.8, 4) is 11.1 Å². The molecule has 0 saturated heterocycles. The molecule has 4 aromatic rings. The Morgan fingerprint density at radius 1 is 1.06 bits per heavy atom. The number of benzene rings is 1. The third-order valence-electron chi connectivity index (χ3n) is 4.72. The summed E-state index contributed by atoms with van der Waals surface area (Å²) in [6.07, 6.45) is 4.94. The number of aromatic nitrogens is 4. The zero-order valence-corrected chi connectivity index (χ0v) is 17.5. The van der Waals surface area contributed by atoms with Crippen molar-refractivity contribution in [3.63, 3.8) is 0 Å². The number of nitrogens with zero attached hydrogens (tertiary/aromatic N) is 4. The molecule has 0 saturated carbocycles. The van der Waals surface area contributed by atoms with Gasteiger partial charge in [-0.25, -0.2) is 15.0 Å². The van der Waals surface area contributed by atoms with Crippen LogP contribution in [-0.2, 0) is 7.05 Å². The molecular formula is C23H22N6O2. The first-order valence-electron chi connectivity index (χ1n) is 9.88. The Balaban J connectivity index is 1.84. The summed E-state index contributed by atoms with van der Waals surface area (Å²) in [4.78, 5) is 38.3. The molecule has 0 bridgehead atoms. The van der Waals surface area contributed by atoms with Crippen molar-refractivity contribution in [2.24, 2.45) is 7.05 Å². The molecule has 1 amide bonds. The van der Waals surface area contributed by atoms with Gasteiger partial charge in [0.2, 0.25) is 5.95 Å². The largest absolute Gasteiger partial charge is 0.352 e. The molecule has 8 heteroatoms. The number of fused-ring (bicyclic) bond motifs is 1. The molecule has 0 fully saturated rings. The van der Waals surface area contributed by atoms with Crippen LogP contribution in [0.4, 0.5) is 11.8 Å². The van der Waals surface area contributed by atoms with Crippen LogP contribution in [0.2, 0.25) is 0 Å². The van der Waals surface area contributed by atoms with E-state index in [4.69, 9.17) is 0 Å². The maximum atomic E-state index is 12.7. The van der Waals surface area contributed by atoms with Gasteiger partial charge in [0.25, 0.3) is 11.5 Å². The van der Waals surface area contributed by atoms with E-state index in [9.17, 15) is 9.59 Å². The summed E-state index contributed by atoms with van der Waals surface area (Å²) >= 11 is 0. The van der Waals surface area contributed by atoms with Crippen LogP contribution in [-0.4, -0.2) is 31.5 Å². The number of nitrogens with one attached hydrogen (secondary N) is 2. The molecule has 1 aromatic carbocycles. The SMILES string of the molecule is CC(C)Nc1ncc2c(NC(=O)c3ccccc3)ncc(-c3ccn(C)c(=O)c3)c2n1. The van der Waals surface area contributed by atoms with Gasteiger partial charge in [-0.15, -0.1) is 0 Å². The van der Waals surface area contributed by atoms with E-state index in [1.807, 2.05) is 26.0 Å². The van der Waals surface area contributed by atoms with Crippen molar-refractivity contribution in [1.82, 2.24) is 19.5 Å². The van der Waals surface area contributed by atoms with E-state index in [0.29, 0.717) is 39.4 Å². The van der Waals surface area contributed by atoms with E-state index < -0.39 is 0 Å². The highest BCUT2D eigenvalue weighted by Crippen LogP contribution is 2.30. The van der Waals surface area contributed by atoms with Gasteiger partial charge in [0.05, 0.1) is 10.9 Å². The highest BCUT2D eigenvalue weighted by molar-refractivity contribution is 6.09. The highest BCUT2D eigenvalue weighted by atomic mass is 16.1. The monoisotopic (exact) mass is 414 g/mol. The standard InChI is InChI=1S/C23H22N6O2/c1-14(2)26-23-25-13-18-20(27-23)17(16-9-10-29(3)19(30)11-16)12-24-21(18)28-22(31)15-7-5-4-6-8-15/h4-14H,1-3H3,(H,24,28,31)(H,25,26,27). The van der Waals surface area contributed by atoms with Crippen LogP contribution in [0.25, 0.3) is 22.0 Å². The van der Waals surface area contributed by atoms with Crippen LogP contribution < -0.4 is 16.2 Å². The summed E-state index contributed by atoms with van der Waals surface area (Å²) in [5.41, 5.74) is 2.34. The van der Waals surface area contributed by atoms with Gasteiger partial charge in [0.15, 0.2) is 0 Å². The van der Waals surface area contributed by atoms with E-state index in [1.54, 1.807) is 49.9 Å². The normalized spacial score (nSPS) is 11.0. The minimum Gasteiger partial charge on any atom is -0.352 e. The number of aryl methyl sites for hydroxylation is 1. The fraction of sp³-hybridized carbons (Fsp3) is 0.174. The number of pyridine rings is 2. The third kappa shape index (κ3) is 4.28. The van der Waals surface area contributed by atoms with Crippen molar-refractivity contribution in [3.05, 3.63) is 77.0 Å². The van der Waals surface area contributed by atoms with Gasteiger partial charge in [0.1, 0.15) is 5.82 Å². The minimum atomic E-state index is -0.278. The smallest absolute Gasteiger partial charge is 0.256 e. The number of amides is 1. The van der Waals surface area contributed by atoms with Gasteiger partial charge in [0, 0.05) is 48.9 Å². The molecule has 0 unspecified atom stereocenters. The van der Waals surface area contributed by atoms with Crippen molar-refractivity contribution in [1.29, 1.82) is 0 Å². The van der Waals surface area contributed by atoms with Gasteiger partial charge in [-0.1, -0.05) is 18.2 Å². The second-order valence-corrected chi connectivity index (χ2v) is 7.46. The number of hydrogen-bond acceptors (Lipinski definition) is 6. The molecule has 0 atom stereocenters. The Labute approximate surface area is 179 Å². The van der Waals surface area contributed by atoms with Crippen molar-refractivity contribution >= 4 is 28.6 Å². The Morgan fingerprint density at radius 3 is 2.55 bits per heavy atom. The molecule has 0 radical (unpaired) electrons. The summed E-state index contributed by atoms with van der Waals surface area (Å²) in [5.74, 6) is 0.534. The average molecular weight is 414 g/mol. The number of rotatable bonds is 5. The lowest BCUT2D eigenvalue weighted by Gasteiger charge is -2.13. The number of carbonyl (C=O) groups excluding carboxylic acids is 1. The topological polar surface area (TPSA) is 102 Å². The molecule has 4 rings (SSSR count). The maximum Gasteiger partial charge on any atom is 0.256 e. The molecule has 3 heterocycles. The fourth-order valence-corrected chi connectivity index (χ4v) is 3.14. The lowest BCUT2D eigenvalue weighted by molar-refractivity contribution is 0.102. The molecule has 31 heavy (non-hydrogen) atoms. The molecule has 0 aliphatic rings. The molecule has 156 valence electrons. The molecule has 0 aliphatic carbocycles. The van der Waals surface area contributed by atoms with E-state index in [-0.39, 0.29) is 17.5 Å². The van der Waals surface area contributed by atoms with E-state index >= 15 is 0 Å². The van der Waals surface area contributed by atoms with Crippen molar-refractivity contribution in [2.45, 2.75) is 19.9 Å². The molecule has 0 aliphatic heterocycles. The van der Waals surface area contributed by atoms with Crippen LogP contribution in [0.5, 0.6) is 0 Å². The maximum absolute atomic E-state index is 12.7. The number of hydrogen-bond donors (Lipinski definition) is 2. The quantitative estimate of drug-likeness (QED) is 0.519. The first kappa shape index (κ1) is 20.2. The predicted octanol–water partition coefficient (Wildman–Crippen LogP) is 3.46. The van der Waals surface area contributed by atoms with Crippen LogP contribution in [0, 0.1) is 0 Å². The molecule has 2 N–H and O–H groups in total. The number of carbonyl (C=O) groups is 1. The van der Waals surface area contributed by atoms with E-state index in [2.05, 4.69) is 25.6 Å². The van der Waals surface area contributed by atoms with Gasteiger partial charge < -0.3 is 15.2 Å². The zero-order valence-electron chi connectivity index (χ0n) is 17.5. The van der Waals surface area contributed by atoms with Gasteiger partial charge in [-0.05, 0) is 37.6 Å². The fourth-order valence-electron chi connectivity index (χ4n) is 3.14. The van der Waals surface area contributed by atoms with E-state index in [0.717, 1.165) is 0 Å². The van der Waals surface area contributed by atoms with Gasteiger partial charge >= 0.3 is 0 Å². The van der Waals surface area contributed by atoms with Crippen LogP contribution in [0.1, 0.15) is 24.2 Å². The Morgan fingerprint density at radius 2 is 1.84 bits per heavy atom. The number of anilines is 2. The zero-order chi connectivity index (χ0) is 22.0. The van der Waals surface area contributed by atoms with E-state index in [1.165, 1.54) is 10.6 Å². The van der Waals surface area contributed by atoms with Crippen LogP contribution in [0.15, 0.2) is 65.8 Å². The average Bonchev–Trinajstić information content (AvgIpc) is 2.76. The van der Waals surface area contributed by atoms with Crippen molar-refractivity contribution < 1.29 is 4.79 Å². The summed E-state index contributed by atoms with van der Waals surface area (Å²) in [6.45, 7) is 3.99. The molecule has 3 aromatic heterocycles. The minimum absolute atomic E-state index is 0.137. The Bertz CT molecular complexity index is 1310. The first-order valence-corrected chi connectivity index (χ1v) is 9.88.